The summed E-state index contributed by atoms with van der Waals surface area (Å²) in [6.45, 7) is 0.941. The van der Waals surface area contributed by atoms with Crippen LogP contribution >= 0.6 is 27.5 Å². The van der Waals surface area contributed by atoms with Gasteiger partial charge in [0.25, 0.3) is 0 Å². The number of anilines is 1. The van der Waals surface area contributed by atoms with Crippen LogP contribution in [-0.2, 0) is 18.4 Å². The van der Waals surface area contributed by atoms with Gasteiger partial charge in [0.05, 0.1) is 23.5 Å². The summed E-state index contributed by atoms with van der Waals surface area (Å²) in [5.41, 5.74) is 1.68. The molecular formula is C14H16BrClN4O. The number of hydrogen-bond acceptors (Lipinski definition) is 3. The molecule has 0 spiro atoms. The average Bonchev–Trinajstić information content (AvgIpc) is 2.78. The van der Waals surface area contributed by atoms with Crippen molar-refractivity contribution in [2.75, 3.05) is 18.9 Å². The van der Waals surface area contributed by atoms with Crippen LogP contribution in [0.2, 0.25) is 5.02 Å². The first-order chi connectivity index (χ1) is 9.94. The van der Waals surface area contributed by atoms with E-state index in [0.717, 1.165) is 10.0 Å². The first kappa shape index (κ1) is 16.0. The number of nitrogens with zero attached hydrogens (tertiary/aromatic N) is 3. The van der Waals surface area contributed by atoms with Crippen molar-refractivity contribution in [2.24, 2.45) is 7.05 Å². The van der Waals surface area contributed by atoms with E-state index in [1.165, 1.54) is 0 Å². The lowest BCUT2D eigenvalue weighted by Gasteiger charge is -2.15. The number of rotatable bonds is 5. The van der Waals surface area contributed by atoms with Gasteiger partial charge >= 0.3 is 0 Å². The molecule has 1 N–H and O–H groups in total. The summed E-state index contributed by atoms with van der Waals surface area (Å²) in [4.78, 5) is 13.9. The molecule has 21 heavy (non-hydrogen) atoms. The molecule has 1 aromatic carbocycles. The van der Waals surface area contributed by atoms with Gasteiger partial charge in [-0.2, -0.15) is 5.10 Å². The van der Waals surface area contributed by atoms with E-state index in [1.54, 1.807) is 23.0 Å². The quantitative estimate of drug-likeness (QED) is 0.879. The second-order valence-electron chi connectivity index (χ2n) is 4.87. The molecule has 0 unspecified atom stereocenters. The third-order valence-electron chi connectivity index (χ3n) is 2.83. The van der Waals surface area contributed by atoms with E-state index in [1.807, 2.05) is 31.3 Å². The second kappa shape index (κ2) is 7.06. The Balaban J connectivity index is 1.89. The zero-order valence-electron chi connectivity index (χ0n) is 11.8. The van der Waals surface area contributed by atoms with E-state index in [-0.39, 0.29) is 12.5 Å². The van der Waals surface area contributed by atoms with Crippen LogP contribution in [0, 0.1) is 0 Å². The Morgan fingerprint density at radius 2 is 2.29 bits per heavy atom. The predicted octanol–water partition coefficient (Wildman–Crippen LogP) is 2.91. The summed E-state index contributed by atoms with van der Waals surface area (Å²) in [5, 5.41) is 7.42. The summed E-state index contributed by atoms with van der Waals surface area (Å²) < 4.78 is 2.62. The van der Waals surface area contributed by atoms with Crippen LogP contribution in [0.1, 0.15) is 5.56 Å². The van der Waals surface area contributed by atoms with Gasteiger partial charge in [-0.05, 0) is 25.2 Å². The van der Waals surface area contributed by atoms with Gasteiger partial charge in [-0.15, -0.1) is 0 Å². The number of aryl methyl sites for hydroxylation is 1. The van der Waals surface area contributed by atoms with Gasteiger partial charge < -0.3 is 5.32 Å². The normalized spacial score (nSPS) is 10.9. The molecule has 112 valence electrons. The van der Waals surface area contributed by atoms with Gasteiger partial charge in [-0.25, -0.2) is 0 Å². The van der Waals surface area contributed by atoms with Crippen LogP contribution in [0.15, 0.2) is 35.1 Å². The molecule has 1 aromatic heterocycles. The highest BCUT2D eigenvalue weighted by Crippen LogP contribution is 2.25. The molecule has 0 bridgehead atoms. The molecule has 0 saturated heterocycles. The van der Waals surface area contributed by atoms with Gasteiger partial charge in [0.1, 0.15) is 0 Å². The smallest absolute Gasteiger partial charge is 0.238 e. The van der Waals surface area contributed by atoms with Crippen molar-refractivity contribution in [3.8, 4) is 0 Å². The average molecular weight is 372 g/mol. The summed E-state index contributed by atoms with van der Waals surface area (Å²) in [6, 6.07) is 5.35. The highest BCUT2D eigenvalue weighted by atomic mass is 79.9. The van der Waals surface area contributed by atoms with Crippen LogP contribution in [0.25, 0.3) is 0 Å². The summed E-state index contributed by atoms with van der Waals surface area (Å²) in [7, 11) is 3.75. The molecule has 5 nitrogen and oxygen atoms in total. The first-order valence-corrected chi connectivity index (χ1v) is 7.52. The number of hydrogen-bond donors (Lipinski definition) is 1. The molecule has 0 saturated carbocycles. The minimum absolute atomic E-state index is 0.106. The molecule has 0 radical (unpaired) electrons. The molecule has 0 aliphatic carbocycles. The first-order valence-electron chi connectivity index (χ1n) is 6.35. The van der Waals surface area contributed by atoms with Gasteiger partial charge in [0, 0.05) is 29.8 Å². The molecule has 0 aliphatic rings. The fourth-order valence-corrected chi connectivity index (χ4v) is 2.67. The Bertz CT molecular complexity index is 644. The summed E-state index contributed by atoms with van der Waals surface area (Å²) in [5.74, 6) is -0.106. The minimum atomic E-state index is -0.106. The highest BCUT2D eigenvalue weighted by molar-refractivity contribution is 9.10. The summed E-state index contributed by atoms with van der Waals surface area (Å²) >= 11 is 9.40. The maximum Gasteiger partial charge on any atom is 0.238 e. The van der Waals surface area contributed by atoms with Crippen molar-refractivity contribution in [3.05, 3.63) is 45.7 Å². The van der Waals surface area contributed by atoms with Crippen molar-refractivity contribution in [3.63, 3.8) is 0 Å². The zero-order chi connectivity index (χ0) is 15.4. The van der Waals surface area contributed by atoms with Gasteiger partial charge in [0.15, 0.2) is 0 Å². The minimum Gasteiger partial charge on any atom is -0.324 e. The Kier molecular flexibility index (Phi) is 5.39. The maximum absolute atomic E-state index is 12.0. The van der Waals surface area contributed by atoms with Crippen molar-refractivity contribution < 1.29 is 4.79 Å². The van der Waals surface area contributed by atoms with E-state index in [4.69, 9.17) is 11.6 Å². The van der Waals surface area contributed by atoms with E-state index in [0.29, 0.717) is 17.3 Å². The number of carbonyl (C=O) groups excluding carboxylic acids is 1. The number of halogens is 2. The molecule has 0 atom stereocenters. The standard InChI is InChI=1S/C14H16BrClN4O/c1-19(7-10-6-17-20(2)8-10)9-14(21)18-13-4-3-11(15)5-12(13)16/h3-6,8H,7,9H2,1-2H3,(H,18,21). The molecular weight excluding hydrogens is 356 g/mol. The van der Waals surface area contributed by atoms with E-state index in [2.05, 4.69) is 26.3 Å². The van der Waals surface area contributed by atoms with Crippen molar-refractivity contribution in [1.82, 2.24) is 14.7 Å². The topological polar surface area (TPSA) is 50.2 Å². The lowest BCUT2D eigenvalue weighted by molar-refractivity contribution is -0.117. The van der Waals surface area contributed by atoms with Gasteiger partial charge in [0.2, 0.25) is 5.91 Å². The number of carbonyl (C=O) groups is 1. The third kappa shape index (κ3) is 4.84. The number of nitrogens with one attached hydrogen (secondary N) is 1. The lowest BCUT2D eigenvalue weighted by atomic mass is 10.3. The van der Waals surface area contributed by atoms with Crippen LogP contribution in [0.4, 0.5) is 5.69 Å². The van der Waals surface area contributed by atoms with Crippen LogP contribution in [0.5, 0.6) is 0 Å². The maximum atomic E-state index is 12.0. The summed E-state index contributed by atoms with van der Waals surface area (Å²) in [6.07, 6.45) is 3.72. The van der Waals surface area contributed by atoms with Gasteiger partial charge in [-0.3, -0.25) is 14.4 Å². The number of amides is 1. The third-order valence-corrected chi connectivity index (χ3v) is 3.64. The van der Waals surface area contributed by atoms with Crippen LogP contribution < -0.4 is 5.32 Å². The largest absolute Gasteiger partial charge is 0.324 e. The molecule has 0 aliphatic heterocycles. The fraction of sp³-hybridized carbons (Fsp3) is 0.286. The molecule has 1 amide bonds. The van der Waals surface area contributed by atoms with E-state index in [9.17, 15) is 4.79 Å². The molecule has 0 fully saturated rings. The second-order valence-corrected chi connectivity index (χ2v) is 6.19. The molecule has 7 heteroatoms. The lowest BCUT2D eigenvalue weighted by Crippen LogP contribution is -2.29. The molecule has 1 heterocycles. The number of benzene rings is 1. The van der Waals surface area contributed by atoms with Crippen molar-refractivity contribution in [1.29, 1.82) is 0 Å². The van der Waals surface area contributed by atoms with Crippen LogP contribution in [0.3, 0.4) is 0 Å². The van der Waals surface area contributed by atoms with E-state index >= 15 is 0 Å². The Morgan fingerprint density at radius 1 is 1.52 bits per heavy atom. The molecule has 2 rings (SSSR count). The SMILES string of the molecule is CN(CC(=O)Nc1ccc(Br)cc1Cl)Cc1cnn(C)c1. The zero-order valence-corrected chi connectivity index (χ0v) is 14.1. The Hall–Kier alpha value is -1.37. The number of likely N-dealkylation sites (N-methyl/N-ethyl adjacent to an activating group) is 1. The highest BCUT2D eigenvalue weighted by Gasteiger charge is 2.10. The fourth-order valence-electron chi connectivity index (χ4n) is 1.95. The van der Waals surface area contributed by atoms with E-state index < -0.39 is 0 Å². The monoisotopic (exact) mass is 370 g/mol. The predicted molar refractivity (Wildman–Crippen MR) is 87.3 cm³/mol. The van der Waals surface area contributed by atoms with Crippen LogP contribution in [-0.4, -0.2) is 34.2 Å². The number of aromatic nitrogens is 2. The van der Waals surface area contributed by atoms with Crippen molar-refractivity contribution >= 4 is 39.1 Å². The van der Waals surface area contributed by atoms with Gasteiger partial charge in [-0.1, -0.05) is 27.5 Å². The Labute approximate surface area is 137 Å². The Morgan fingerprint density at radius 3 is 2.90 bits per heavy atom. The van der Waals surface area contributed by atoms with Crippen molar-refractivity contribution in [2.45, 2.75) is 6.54 Å². The molecule has 2 aromatic rings.